The molecule has 0 bridgehead atoms. The molecule has 8 nitrogen and oxygen atoms in total. The summed E-state index contributed by atoms with van der Waals surface area (Å²) >= 11 is 1.15. The summed E-state index contributed by atoms with van der Waals surface area (Å²) in [6.07, 6.45) is 1.50. The second-order valence-electron chi connectivity index (χ2n) is 3.94. The van der Waals surface area contributed by atoms with Crippen LogP contribution in [0.25, 0.3) is 0 Å². The van der Waals surface area contributed by atoms with Crippen molar-refractivity contribution in [1.82, 2.24) is 15.6 Å². The third-order valence-electron chi connectivity index (χ3n) is 2.40. The number of nitrogen functional groups attached to an aromatic ring is 1. The molecule has 1 heterocycles. The minimum Gasteiger partial charge on any atom is -0.504 e. The van der Waals surface area contributed by atoms with Crippen LogP contribution in [0.2, 0.25) is 0 Å². The number of anilines is 1. The molecule has 1 aromatic carbocycles. The number of nitrogens with one attached hydrogen (secondary N) is 1. The molecular formula is C12H13N5O3S. The Morgan fingerprint density at radius 2 is 2.38 bits per heavy atom. The summed E-state index contributed by atoms with van der Waals surface area (Å²) in [4.78, 5) is 11.6. The van der Waals surface area contributed by atoms with Gasteiger partial charge >= 0.3 is 0 Å². The zero-order valence-electron chi connectivity index (χ0n) is 11.1. The first-order valence-corrected chi connectivity index (χ1v) is 6.67. The lowest BCUT2D eigenvalue weighted by atomic mass is 10.2. The molecule has 2 aromatic rings. The van der Waals surface area contributed by atoms with Crippen LogP contribution in [0, 0.1) is 0 Å². The maximum Gasteiger partial charge on any atom is 0.247 e. The van der Waals surface area contributed by atoms with Gasteiger partial charge in [-0.25, -0.2) is 5.43 Å². The van der Waals surface area contributed by atoms with E-state index >= 15 is 0 Å². The zero-order chi connectivity index (χ0) is 15.2. The summed E-state index contributed by atoms with van der Waals surface area (Å²) in [7, 11) is 1.45. The Labute approximate surface area is 124 Å². The highest BCUT2D eigenvalue weighted by atomic mass is 32.1. The van der Waals surface area contributed by atoms with E-state index in [4.69, 9.17) is 10.5 Å². The van der Waals surface area contributed by atoms with E-state index in [-0.39, 0.29) is 18.1 Å². The number of hydrazone groups is 1. The van der Waals surface area contributed by atoms with E-state index in [2.05, 4.69) is 20.7 Å². The number of carbonyl (C=O) groups is 1. The Kier molecular flexibility index (Phi) is 4.67. The number of nitrogens with two attached hydrogens (primary N) is 1. The van der Waals surface area contributed by atoms with Crippen LogP contribution in [0.5, 0.6) is 11.5 Å². The van der Waals surface area contributed by atoms with E-state index in [1.165, 1.54) is 19.4 Å². The van der Waals surface area contributed by atoms with E-state index in [0.717, 1.165) is 11.3 Å². The van der Waals surface area contributed by atoms with Gasteiger partial charge in [-0.15, -0.1) is 10.2 Å². The topological polar surface area (TPSA) is 123 Å². The van der Waals surface area contributed by atoms with Gasteiger partial charge in [0, 0.05) is 0 Å². The van der Waals surface area contributed by atoms with Gasteiger partial charge in [0.1, 0.15) is 5.01 Å². The molecule has 0 saturated heterocycles. The summed E-state index contributed by atoms with van der Waals surface area (Å²) in [6, 6.07) is 4.71. The van der Waals surface area contributed by atoms with E-state index < -0.39 is 0 Å². The molecule has 0 unspecified atom stereocenters. The van der Waals surface area contributed by atoms with Crippen molar-refractivity contribution < 1.29 is 14.6 Å². The van der Waals surface area contributed by atoms with Crippen molar-refractivity contribution in [2.75, 3.05) is 12.8 Å². The fourth-order valence-electron chi connectivity index (χ4n) is 1.47. The first-order valence-electron chi connectivity index (χ1n) is 5.85. The number of hydrogen-bond acceptors (Lipinski definition) is 8. The van der Waals surface area contributed by atoms with Gasteiger partial charge in [-0.2, -0.15) is 5.10 Å². The van der Waals surface area contributed by atoms with Gasteiger partial charge in [0.15, 0.2) is 11.5 Å². The lowest BCUT2D eigenvalue weighted by Gasteiger charge is -2.03. The summed E-state index contributed by atoms with van der Waals surface area (Å²) in [5.74, 6) is 0.0373. The number of phenols is 1. The van der Waals surface area contributed by atoms with E-state index in [0.29, 0.717) is 21.5 Å². The highest BCUT2D eigenvalue weighted by Gasteiger charge is 2.07. The molecule has 1 amide bonds. The molecule has 9 heteroatoms. The van der Waals surface area contributed by atoms with Crippen LogP contribution < -0.4 is 15.9 Å². The van der Waals surface area contributed by atoms with Gasteiger partial charge in [0.05, 0.1) is 19.7 Å². The average Bonchev–Trinajstić information content (AvgIpc) is 2.86. The van der Waals surface area contributed by atoms with Gasteiger partial charge in [-0.3, -0.25) is 4.79 Å². The van der Waals surface area contributed by atoms with Crippen molar-refractivity contribution in [3.63, 3.8) is 0 Å². The largest absolute Gasteiger partial charge is 0.504 e. The number of benzene rings is 1. The molecule has 110 valence electrons. The zero-order valence-corrected chi connectivity index (χ0v) is 11.9. The van der Waals surface area contributed by atoms with Crippen LogP contribution in [0.4, 0.5) is 5.13 Å². The number of amides is 1. The summed E-state index contributed by atoms with van der Waals surface area (Å²) in [5, 5.41) is 21.5. The molecule has 1 aromatic heterocycles. The van der Waals surface area contributed by atoms with Crippen LogP contribution >= 0.6 is 11.3 Å². The fourth-order valence-corrected chi connectivity index (χ4v) is 2.08. The average molecular weight is 307 g/mol. The fraction of sp³-hybridized carbons (Fsp3) is 0.167. The van der Waals surface area contributed by atoms with E-state index in [1.54, 1.807) is 12.1 Å². The quantitative estimate of drug-likeness (QED) is 0.547. The minimum absolute atomic E-state index is 0.0348. The van der Waals surface area contributed by atoms with Crippen LogP contribution in [-0.4, -0.2) is 34.5 Å². The third-order valence-corrected chi connectivity index (χ3v) is 3.15. The molecule has 0 radical (unpaired) electrons. The number of phenolic OH excluding ortho intramolecular Hbond substituents is 1. The van der Waals surface area contributed by atoms with Crippen molar-refractivity contribution >= 4 is 28.6 Å². The van der Waals surface area contributed by atoms with E-state index in [9.17, 15) is 9.90 Å². The highest BCUT2D eigenvalue weighted by molar-refractivity contribution is 7.15. The van der Waals surface area contributed by atoms with E-state index in [1.807, 2.05) is 0 Å². The molecule has 0 fully saturated rings. The Morgan fingerprint density at radius 1 is 1.57 bits per heavy atom. The number of rotatable bonds is 5. The standard InChI is InChI=1S/C12H13N5O3S/c1-20-9-4-7(2-3-8(9)18)6-14-15-10(19)5-11-16-17-12(13)21-11/h2-4,6,18H,5H2,1H3,(H2,13,17)(H,15,19)/b14-6+. The second-order valence-corrected chi connectivity index (χ2v) is 5.03. The van der Waals surface area contributed by atoms with Gasteiger partial charge < -0.3 is 15.6 Å². The lowest BCUT2D eigenvalue weighted by molar-refractivity contribution is -0.120. The van der Waals surface area contributed by atoms with Crippen molar-refractivity contribution in [2.24, 2.45) is 5.10 Å². The first-order chi connectivity index (χ1) is 10.1. The molecular weight excluding hydrogens is 294 g/mol. The van der Waals surface area contributed by atoms with Crippen LogP contribution in [0.3, 0.4) is 0 Å². The lowest BCUT2D eigenvalue weighted by Crippen LogP contribution is -2.19. The predicted molar refractivity (Wildman–Crippen MR) is 78.4 cm³/mol. The number of nitrogens with zero attached hydrogens (tertiary/aromatic N) is 3. The van der Waals surface area contributed by atoms with Crippen molar-refractivity contribution in [2.45, 2.75) is 6.42 Å². The molecule has 2 rings (SSSR count). The molecule has 0 atom stereocenters. The monoisotopic (exact) mass is 307 g/mol. The van der Waals surface area contributed by atoms with Gasteiger partial charge in [-0.1, -0.05) is 11.3 Å². The Morgan fingerprint density at radius 3 is 3.05 bits per heavy atom. The summed E-state index contributed by atoms with van der Waals surface area (Å²) in [6.45, 7) is 0. The van der Waals surface area contributed by atoms with Gasteiger partial charge in [0.25, 0.3) is 0 Å². The third kappa shape index (κ3) is 4.14. The van der Waals surface area contributed by atoms with Crippen molar-refractivity contribution in [1.29, 1.82) is 0 Å². The summed E-state index contributed by atoms with van der Waals surface area (Å²) in [5.41, 5.74) is 8.46. The highest BCUT2D eigenvalue weighted by Crippen LogP contribution is 2.25. The number of methoxy groups -OCH3 is 1. The molecule has 0 aliphatic carbocycles. The number of aromatic hydroxyl groups is 1. The second kappa shape index (κ2) is 6.66. The van der Waals surface area contributed by atoms with Crippen LogP contribution in [-0.2, 0) is 11.2 Å². The van der Waals surface area contributed by atoms with Gasteiger partial charge in [-0.05, 0) is 23.8 Å². The molecule has 0 aliphatic heterocycles. The first kappa shape index (κ1) is 14.7. The molecule has 0 spiro atoms. The van der Waals surface area contributed by atoms with Gasteiger partial charge in [0.2, 0.25) is 11.0 Å². The predicted octanol–water partition coefficient (Wildman–Crippen LogP) is 0.527. The molecule has 21 heavy (non-hydrogen) atoms. The maximum atomic E-state index is 11.6. The Bertz CT molecular complexity index is 671. The molecule has 0 aliphatic rings. The Balaban J connectivity index is 1.91. The number of ether oxygens (including phenoxy) is 1. The van der Waals surface area contributed by atoms with Crippen LogP contribution in [0.15, 0.2) is 23.3 Å². The number of hydrogen-bond donors (Lipinski definition) is 3. The normalized spacial score (nSPS) is 10.7. The van der Waals surface area contributed by atoms with Crippen molar-refractivity contribution in [3.8, 4) is 11.5 Å². The Hall–Kier alpha value is -2.68. The van der Waals surface area contributed by atoms with Crippen LogP contribution in [0.1, 0.15) is 10.6 Å². The molecule has 4 N–H and O–H groups in total. The SMILES string of the molecule is COc1cc(/C=N/NC(=O)Cc2nnc(N)s2)ccc1O. The smallest absolute Gasteiger partial charge is 0.247 e. The molecule has 0 saturated carbocycles. The maximum absolute atomic E-state index is 11.6. The number of carbonyl (C=O) groups excluding carboxylic acids is 1. The summed E-state index contributed by atoms with van der Waals surface area (Å²) < 4.78 is 4.97. The number of aromatic nitrogens is 2. The minimum atomic E-state index is -0.326. The van der Waals surface area contributed by atoms with Crippen molar-refractivity contribution in [3.05, 3.63) is 28.8 Å².